The lowest BCUT2D eigenvalue weighted by Crippen LogP contribution is -2.45. The maximum atomic E-state index is 12.6. The zero-order valence-electron chi connectivity index (χ0n) is 16.1. The normalized spacial score (nSPS) is 15.9. The molecule has 2 amide bonds. The highest BCUT2D eigenvalue weighted by Crippen LogP contribution is 2.31. The number of hydrogen-bond donors (Lipinski definition) is 2. The number of benzene rings is 2. The van der Waals surface area contributed by atoms with E-state index in [2.05, 4.69) is 21.2 Å². The van der Waals surface area contributed by atoms with Gasteiger partial charge in [0.1, 0.15) is 0 Å². The fourth-order valence-electron chi connectivity index (χ4n) is 3.76. The van der Waals surface area contributed by atoms with Crippen LogP contribution in [-0.4, -0.2) is 34.9 Å². The number of nitrogens with zero attached hydrogens (tertiary/aromatic N) is 1. The van der Waals surface area contributed by atoms with Gasteiger partial charge in [0.25, 0.3) is 0 Å². The molecular formula is C22H25BrN2O3. The van der Waals surface area contributed by atoms with Gasteiger partial charge in [-0.05, 0) is 61.4 Å². The average Bonchev–Trinajstić information content (AvgIpc) is 2.70. The quantitative estimate of drug-likeness (QED) is 0.703. The first-order valence-electron chi connectivity index (χ1n) is 9.47. The number of aliphatic hydroxyl groups is 1. The SMILES string of the molecule is Cc1cc(Br)cc(C)c1NC(=O)C(=O)N1CCC(C(O)c2ccccc2)CC1. The van der Waals surface area contributed by atoms with Crippen LogP contribution in [0.3, 0.4) is 0 Å². The molecule has 0 saturated carbocycles. The standard InChI is InChI=1S/C22H25BrN2O3/c1-14-12-18(23)13-15(2)19(14)24-21(27)22(28)25-10-8-17(9-11-25)20(26)16-6-4-3-5-7-16/h3-7,12-13,17,20,26H,8-11H2,1-2H3,(H,24,27). The predicted molar refractivity (Wildman–Crippen MR) is 113 cm³/mol. The molecule has 0 aliphatic carbocycles. The largest absolute Gasteiger partial charge is 0.388 e. The van der Waals surface area contributed by atoms with E-state index in [0.29, 0.717) is 31.6 Å². The van der Waals surface area contributed by atoms with Crippen molar-refractivity contribution < 1.29 is 14.7 Å². The van der Waals surface area contributed by atoms with Crippen molar-refractivity contribution in [3.05, 3.63) is 63.6 Å². The number of likely N-dealkylation sites (tertiary alicyclic amines) is 1. The first kappa shape index (κ1) is 20.6. The number of carbonyl (C=O) groups is 2. The van der Waals surface area contributed by atoms with E-state index >= 15 is 0 Å². The molecule has 2 aromatic rings. The van der Waals surface area contributed by atoms with Crippen molar-refractivity contribution in [2.24, 2.45) is 5.92 Å². The number of aryl methyl sites for hydroxylation is 2. The molecule has 1 fully saturated rings. The third-order valence-electron chi connectivity index (χ3n) is 5.34. The Hall–Kier alpha value is -2.18. The van der Waals surface area contributed by atoms with Gasteiger partial charge in [-0.3, -0.25) is 9.59 Å². The number of amides is 2. The molecule has 2 N–H and O–H groups in total. The average molecular weight is 445 g/mol. The first-order valence-corrected chi connectivity index (χ1v) is 10.3. The second-order valence-electron chi connectivity index (χ2n) is 7.35. The van der Waals surface area contributed by atoms with Crippen molar-refractivity contribution in [2.75, 3.05) is 18.4 Å². The number of hydrogen-bond acceptors (Lipinski definition) is 3. The molecule has 0 bridgehead atoms. The molecule has 1 unspecified atom stereocenters. The zero-order chi connectivity index (χ0) is 20.3. The molecule has 1 aliphatic heterocycles. The second kappa shape index (κ2) is 8.88. The molecule has 5 nitrogen and oxygen atoms in total. The third-order valence-corrected chi connectivity index (χ3v) is 5.80. The van der Waals surface area contributed by atoms with Gasteiger partial charge in [0.15, 0.2) is 0 Å². The highest BCUT2D eigenvalue weighted by Gasteiger charge is 2.31. The number of nitrogens with one attached hydrogen (secondary N) is 1. The smallest absolute Gasteiger partial charge is 0.313 e. The van der Waals surface area contributed by atoms with E-state index in [9.17, 15) is 14.7 Å². The van der Waals surface area contributed by atoms with Crippen molar-refractivity contribution in [2.45, 2.75) is 32.8 Å². The van der Waals surface area contributed by atoms with Gasteiger partial charge in [0, 0.05) is 23.2 Å². The van der Waals surface area contributed by atoms with Gasteiger partial charge in [-0.1, -0.05) is 46.3 Å². The Kier molecular flexibility index (Phi) is 6.52. The Morgan fingerprint density at radius 1 is 1.11 bits per heavy atom. The van der Waals surface area contributed by atoms with Crippen LogP contribution in [0.2, 0.25) is 0 Å². The van der Waals surface area contributed by atoms with E-state index in [0.717, 1.165) is 21.2 Å². The summed E-state index contributed by atoms with van der Waals surface area (Å²) in [5, 5.41) is 13.3. The lowest BCUT2D eigenvalue weighted by Gasteiger charge is -2.34. The number of halogens is 1. The summed E-state index contributed by atoms with van der Waals surface area (Å²) in [7, 11) is 0. The molecule has 3 rings (SSSR count). The minimum Gasteiger partial charge on any atom is -0.388 e. The maximum absolute atomic E-state index is 12.6. The Bertz CT molecular complexity index is 838. The van der Waals surface area contributed by atoms with Crippen molar-refractivity contribution in [1.29, 1.82) is 0 Å². The molecule has 148 valence electrons. The summed E-state index contributed by atoms with van der Waals surface area (Å²) in [5.41, 5.74) is 3.37. The fourth-order valence-corrected chi connectivity index (χ4v) is 4.45. The van der Waals surface area contributed by atoms with E-state index in [1.165, 1.54) is 0 Å². The molecule has 1 atom stereocenters. The zero-order valence-corrected chi connectivity index (χ0v) is 17.7. The Morgan fingerprint density at radius 3 is 2.25 bits per heavy atom. The van der Waals surface area contributed by atoms with Gasteiger partial charge in [0.2, 0.25) is 0 Å². The number of carbonyl (C=O) groups excluding carboxylic acids is 2. The highest BCUT2D eigenvalue weighted by atomic mass is 79.9. The number of aliphatic hydroxyl groups excluding tert-OH is 1. The van der Waals surface area contributed by atoms with Crippen LogP contribution >= 0.6 is 15.9 Å². The molecule has 0 spiro atoms. The van der Waals surface area contributed by atoms with Gasteiger partial charge in [-0.15, -0.1) is 0 Å². The molecule has 1 saturated heterocycles. The molecule has 0 radical (unpaired) electrons. The van der Waals surface area contributed by atoms with Gasteiger partial charge >= 0.3 is 11.8 Å². The van der Waals surface area contributed by atoms with Crippen LogP contribution in [0.5, 0.6) is 0 Å². The molecule has 6 heteroatoms. The van der Waals surface area contributed by atoms with Gasteiger partial charge in [-0.25, -0.2) is 0 Å². The Labute approximate surface area is 173 Å². The number of anilines is 1. The Balaban J connectivity index is 1.58. The summed E-state index contributed by atoms with van der Waals surface area (Å²) in [6, 6.07) is 13.4. The molecule has 28 heavy (non-hydrogen) atoms. The van der Waals surface area contributed by atoms with Crippen molar-refractivity contribution in [3.8, 4) is 0 Å². The minimum absolute atomic E-state index is 0.0884. The molecule has 0 aromatic heterocycles. The van der Waals surface area contributed by atoms with Crippen LogP contribution in [0.1, 0.15) is 35.6 Å². The van der Waals surface area contributed by atoms with E-state index in [-0.39, 0.29) is 5.92 Å². The van der Waals surface area contributed by atoms with Gasteiger partial charge in [0.05, 0.1) is 6.10 Å². The number of piperidine rings is 1. The summed E-state index contributed by atoms with van der Waals surface area (Å²) in [6.07, 6.45) is 0.803. The molecule has 2 aromatic carbocycles. The van der Waals surface area contributed by atoms with Crippen LogP contribution in [-0.2, 0) is 9.59 Å². The summed E-state index contributed by atoms with van der Waals surface area (Å²) in [6.45, 7) is 4.74. The van der Waals surface area contributed by atoms with Crippen LogP contribution < -0.4 is 5.32 Å². The predicted octanol–water partition coefficient (Wildman–Crippen LogP) is 3.98. The van der Waals surface area contributed by atoms with Crippen molar-refractivity contribution in [3.63, 3.8) is 0 Å². The van der Waals surface area contributed by atoms with E-state index in [1.54, 1.807) is 4.90 Å². The third kappa shape index (κ3) is 4.62. The van der Waals surface area contributed by atoms with Crippen LogP contribution in [0, 0.1) is 19.8 Å². The number of rotatable bonds is 3. The lowest BCUT2D eigenvalue weighted by molar-refractivity contribution is -0.144. The van der Waals surface area contributed by atoms with Crippen molar-refractivity contribution in [1.82, 2.24) is 4.90 Å². The van der Waals surface area contributed by atoms with E-state index < -0.39 is 17.9 Å². The molecule has 1 heterocycles. The van der Waals surface area contributed by atoms with Crippen LogP contribution in [0.15, 0.2) is 46.9 Å². The maximum Gasteiger partial charge on any atom is 0.313 e. The highest BCUT2D eigenvalue weighted by molar-refractivity contribution is 9.10. The van der Waals surface area contributed by atoms with E-state index in [1.807, 2.05) is 56.3 Å². The van der Waals surface area contributed by atoms with E-state index in [4.69, 9.17) is 0 Å². The summed E-state index contributed by atoms with van der Waals surface area (Å²) in [4.78, 5) is 26.6. The first-order chi connectivity index (χ1) is 13.4. The lowest BCUT2D eigenvalue weighted by atomic mass is 9.87. The van der Waals surface area contributed by atoms with Crippen LogP contribution in [0.25, 0.3) is 0 Å². The monoisotopic (exact) mass is 444 g/mol. The topological polar surface area (TPSA) is 69.6 Å². The fraction of sp³-hybridized carbons (Fsp3) is 0.364. The second-order valence-corrected chi connectivity index (χ2v) is 8.27. The van der Waals surface area contributed by atoms with Gasteiger partial charge < -0.3 is 15.3 Å². The summed E-state index contributed by atoms with van der Waals surface area (Å²) >= 11 is 3.43. The summed E-state index contributed by atoms with van der Waals surface area (Å²) < 4.78 is 0.936. The van der Waals surface area contributed by atoms with Crippen molar-refractivity contribution >= 4 is 33.4 Å². The molecule has 1 aliphatic rings. The molecular weight excluding hydrogens is 420 g/mol. The summed E-state index contributed by atoms with van der Waals surface area (Å²) in [5.74, 6) is -1.05. The minimum atomic E-state index is -0.615. The van der Waals surface area contributed by atoms with Crippen LogP contribution in [0.4, 0.5) is 5.69 Å². The van der Waals surface area contributed by atoms with Gasteiger partial charge in [-0.2, -0.15) is 0 Å². The Morgan fingerprint density at radius 2 is 1.68 bits per heavy atom.